The lowest BCUT2D eigenvalue weighted by Gasteiger charge is -2.01. The van der Waals surface area contributed by atoms with Gasteiger partial charge in [0.15, 0.2) is 11.3 Å². The van der Waals surface area contributed by atoms with E-state index in [1.807, 2.05) is 31.2 Å². The van der Waals surface area contributed by atoms with Gasteiger partial charge in [0.2, 0.25) is 0 Å². The van der Waals surface area contributed by atoms with E-state index in [0.29, 0.717) is 5.65 Å². The average Bonchev–Trinajstić information content (AvgIpc) is 2.96. The van der Waals surface area contributed by atoms with E-state index in [1.165, 1.54) is 10.8 Å². The highest BCUT2D eigenvalue weighted by molar-refractivity contribution is 5.87. The van der Waals surface area contributed by atoms with Crippen LogP contribution in [0.3, 0.4) is 0 Å². The number of esters is 1. The molecule has 2 aromatic heterocycles. The molecule has 21 heavy (non-hydrogen) atoms. The average molecular weight is 279 g/mol. The zero-order valence-corrected chi connectivity index (χ0v) is 11.4. The van der Waals surface area contributed by atoms with Gasteiger partial charge >= 0.3 is 5.97 Å². The number of rotatable bonds is 3. The Morgan fingerprint density at radius 1 is 1.24 bits per heavy atom. The number of carbonyl (C=O) groups excluding carboxylic acids is 1. The molecule has 0 N–H and O–H groups in total. The van der Waals surface area contributed by atoms with Gasteiger partial charge in [-0.05, 0) is 36.3 Å². The van der Waals surface area contributed by atoms with Crippen molar-refractivity contribution in [3.8, 4) is 0 Å². The Balaban J connectivity index is 1.73. The van der Waals surface area contributed by atoms with Crippen LogP contribution >= 0.6 is 0 Å². The minimum atomic E-state index is -0.504. The Kier molecular flexibility index (Phi) is 3.47. The van der Waals surface area contributed by atoms with Crippen LogP contribution in [0.15, 0.2) is 55.1 Å². The van der Waals surface area contributed by atoms with Gasteiger partial charge in [0, 0.05) is 12.4 Å². The summed E-state index contributed by atoms with van der Waals surface area (Å²) in [5.74, 6) is -0.504. The van der Waals surface area contributed by atoms with E-state index >= 15 is 0 Å². The van der Waals surface area contributed by atoms with Gasteiger partial charge < -0.3 is 4.74 Å². The third-order valence-electron chi connectivity index (χ3n) is 3.08. The number of imidazole rings is 1. The lowest BCUT2D eigenvalue weighted by Crippen LogP contribution is -2.06. The first-order valence-electron chi connectivity index (χ1n) is 6.47. The molecule has 5 heteroatoms. The normalized spacial score (nSPS) is 11.1. The van der Waals surface area contributed by atoms with Gasteiger partial charge in [-0.3, -0.25) is 0 Å². The summed E-state index contributed by atoms with van der Waals surface area (Å²) in [7, 11) is 0. The SMILES string of the molecule is Cc1ccccc1C=COC(=O)c1ccc2nccn2n1. The maximum Gasteiger partial charge on any atom is 0.363 e. The molecule has 0 unspecified atom stereocenters. The van der Waals surface area contributed by atoms with Crippen molar-refractivity contribution in [1.29, 1.82) is 0 Å². The van der Waals surface area contributed by atoms with E-state index < -0.39 is 5.97 Å². The molecule has 0 aliphatic rings. The van der Waals surface area contributed by atoms with Gasteiger partial charge in [0.25, 0.3) is 0 Å². The molecular weight excluding hydrogens is 266 g/mol. The molecule has 0 atom stereocenters. The Morgan fingerprint density at radius 3 is 2.95 bits per heavy atom. The first kappa shape index (κ1) is 13.1. The van der Waals surface area contributed by atoms with Gasteiger partial charge in [-0.25, -0.2) is 14.3 Å². The van der Waals surface area contributed by atoms with Crippen LogP contribution in [0.1, 0.15) is 21.6 Å². The van der Waals surface area contributed by atoms with E-state index in [9.17, 15) is 4.79 Å². The topological polar surface area (TPSA) is 56.5 Å². The number of carbonyl (C=O) groups is 1. The summed E-state index contributed by atoms with van der Waals surface area (Å²) < 4.78 is 6.63. The lowest BCUT2D eigenvalue weighted by molar-refractivity contribution is 0.0657. The van der Waals surface area contributed by atoms with Crippen LogP contribution in [0.25, 0.3) is 11.7 Å². The molecule has 1 aromatic carbocycles. The molecule has 2 heterocycles. The van der Waals surface area contributed by atoms with Gasteiger partial charge in [-0.2, -0.15) is 5.10 Å². The van der Waals surface area contributed by atoms with Gasteiger partial charge in [-0.15, -0.1) is 0 Å². The second kappa shape index (κ2) is 5.58. The summed E-state index contributed by atoms with van der Waals surface area (Å²) in [6.45, 7) is 2.00. The highest BCUT2D eigenvalue weighted by atomic mass is 16.5. The van der Waals surface area contributed by atoms with Crippen molar-refractivity contribution in [3.05, 3.63) is 71.9 Å². The molecular formula is C16H13N3O2. The fourth-order valence-electron chi connectivity index (χ4n) is 1.93. The summed E-state index contributed by atoms with van der Waals surface area (Å²) >= 11 is 0. The molecule has 0 aliphatic heterocycles. The van der Waals surface area contributed by atoms with Crippen molar-refractivity contribution < 1.29 is 9.53 Å². The van der Waals surface area contributed by atoms with Gasteiger partial charge in [-0.1, -0.05) is 24.3 Å². The lowest BCUT2D eigenvalue weighted by atomic mass is 10.1. The zero-order chi connectivity index (χ0) is 14.7. The third-order valence-corrected chi connectivity index (χ3v) is 3.08. The Labute approximate surface area is 121 Å². The Morgan fingerprint density at radius 2 is 2.10 bits per heavy atom. The number of aryl methyl sites for hydroxylation is 1. The van der Waals surface area contributed by atoms with Crippen molar-refractivity contribution in [2.24, 2.45) is 0 Å². The van der Waals surface area contributed by atoms with Crippen LogP contribution < -0.4 is 0 Å². The van der Waals surface area contributed by atoms with E-state index in [-0.39, 0.29) is 5.69 Å². The number of benzene rings is 1. The fraction of sp³-hybridized carbons (Fsp3) is 0.0625. The second-order valence-corrected chi connectivity index (χ2v) is 4.51. The number of aromatic nitrogens is 3. The molecule has 0 aliphatic carbocycles. The van der Waals surface area contributed by atoms with E-state index in [4.69, 9.17) is 4.74 Å². The number of hydrogen-bond acceptors (Lipinski definition) is 4. The summed E-state index contributed by atoms with van der Waals surface area (Å²) in [6.07, 6.45) is 6.43. The summed E-state index contributed by atoms with van der Waals surface area (Å²) in [6, 6.07) is 11.2. The Bertz CT molecular complexity index is 821. The molecule has 0 radical (unpaired) electrons. The highest BCUT2D eigenvalue weighted by Crippen LogP contribution is 2.09. The van der Waals surface area contributed by atoms with E-state index in [1.54, 1.807) is 30.6 Å². The number of ether oxygens (including phenoxy) is 1. The maximum absolute atomic E-state index is 11.9. The second-order valence-electron chi connectivity index (χ2n) is 4.51. The van der Waals surface area contributed by atoms with Crippen molar-refractivity contribution in [3.63, 3.8) is 0 Å². The standard InChI is InChI=1S/C16H13N3O2/c1-12-4-2-3-5-13(12)8-11-21-16(20)14-6-7-15-17-9-10-19(15)18-14/h2-11H,1H3. The number of nitrogens with zero attached hydrogens (tertiary/aromatic N) is 3. The van der Waals surface area contributed by atoms with E-state index in [0.717, 1.165) is 11.1 Å². The van der Waals surface area contributed by atoms with Crippen molar-refractivity contribution in [1.82, 2.24) is 14.6 Å². The quantitative estimate of drug-likeness (QED) is 0.546. The largest absolute Gasteiger partial charge is 0.430 e. The first-order chi connectivity index (χ1) is 10.2. The molecule has 0 bridgehead atoms. The molecule has 0 fully saturated rings. The molecule has 0 saturated carbocycles. The minimum Gasteiger partial charge on any atom is -0.430 e. The van der Waals surface area contributed by atoms with Gasteiger partial charge in [0.1, 0.15) is 0 Å². The fourth-order valence-corrected chi connectivity index (χ4v) is 1.93. The molecule has 0 saturated heterocycles. The van der Waals surface area contributed by atoms with Crippen LogP contribution in [0, 0.1) is 6.92 Å². The van der Waals surface area contributed by atoms with Crippen molar-refractivity contribution >= 4 is 17.7 Å². The summed E-state index contributed by atoms with van der Waals surface area (Å²) in [5.41, 5.74) is 3.03. The van der Waals surface area contributed by atoms with Crippen LogP contribution in [0.5, 0.6) is 0 Å². The summed E-state index contributed by atoms with van der Waals surface area (Å²) in [5, 5.41) is 4.12. The predicted molar refractivity (Wildman–Crippen MR) is 78.6 cm³/mol. The predicted octanol–water partition coefficient (Wildman–Crippen LogP) is 2.87. The van der Waals surface area contributed by atoms with Crippen LogP contribution in [-0.4, -0.2) is 20.6 Å². The molecule has 0 amide bonds. The smallest absolute Gasteiger partial charge is 0.363 e. The van der Waals surface area contributed by atoms with Crippen molar-refractivity contribution in [2.45, 2.75) is 6.92 Å². The summed E-state index contributed by atoms with van der Waals surface area (Å²) in [4.78, 5) is 16.0. The highest BCUT2D eigenvalue weighted by Gasteiger charge is 2.09. The molecule has 3 rings (SSSR count). The first-order valence-corrected chi connectivity index (χ1v) is 6.47. The number of fused-ring (bicyclic) bond motifs is 1. The maximum atomic E-state index is 11.9. The van der Waals surface area contributed by atoms with Crippen LogP contribution in [0.4, 0.5) is 0 Å². The van der Waals surface area contributed by atoms with Crippen molar-refractivity contribution in [2.75, 3.05) is 0 Å². The van der Waals surface area contributed by atoms with E-state index in [2.05, 4.69) is 10.1 Å². The van der Waals surface area contributed by atoms with Gasteiger partial charge in [0.05, 0.1) is 6.26 Å². The zero-order valence-electron chi connectivity index (χ0n) is 11.4. The minimum absolute atomic E-state index is 0.231. The Hall–Kier alpha value is -2.95. The third kappa shape index (κ3) is 2.81. The monoisotopic (exact) mass is 279 g/mol. The van der Waals surface area contributed by atoms with Crippen LogP contribution in [0.2, 0.25) is 0 Å². The molecule has 5 nitrogen and oxygen atoms in total. The molecule has 0 spiro atoms. The number of hydrogen-bond donors (Lipinski definition) is 0. The molecule has 3 aromatic rings. The molecule has 104 valence electrons. The van der Waals surface area contributed by atoms with Crippen LogP contribution in [-0.2, 0) is 4.74 Å².